The minimum Gasteiger partial charge on any atom is -0.386 e. The van der Waals surface area contributed by atoms with Crippen molar-refractivity contribution in [2.75, 3.05) is 6.54 Å². The number of allylic oxidation sites excluding steroid dienone is 2. The van der Waals surface area contributed by atoms with Crippen LogP contribution in [0.1, 0.15) is 0 Å². The van der Waals surface area contributed by atoms with Gasteiger partial charge in [0.25, 0.3) is 0 Å². The van der Waals surface area contributed by atoms with Crippen molar-refractivity contribution >= 4 is 7.85 Å². The molecule has 0 aromatic carbocycles. The van der Waals surface area contributed by atoms with E-state index in [-0.39, 0.29) is 0 Å². The third kappa shape index (κ3) is 1.06. The van der Waals surface area contributed by atoms with E-state index in [0.717, 1.165) is 5.47 Å². The lowest BCUT2D eigenvalue weighted by atomic mass is 9.94. The van der Waals surface area contributed by atoms with E-state index < -0.39 is 0 Å². The van der Waals surface area contributed by atoms with Crippen molar-refractivity contribution in [3.05, 3.63) is 23.4 Å². The van der Waals surface area contributed by atoms with Gasteiger partial charge in [0.1, 0.15) is 7.85 Å². The summed E-state index contributed by atoms with van der Waals surface area (Å²) in [6.07, 6.45) is 3.55. The maximum absolute atomic E-state index is 5.40. The number of nitrogens with two attached hydrogens (primary N) is 1. The molecular weight excluding hydrogens is 98.9 g/mol. The average molecular weight is 106 g/mol. The van der Waals surface area contributed by atoms with Gasteiger partial charge in [0.2, 0.25) is 0 Å². The molecule has 0 unspecified atom stereocenters. The quantitative estimate of drug-likeness (QED) is 0.406. The monoisotopic (exact) mass is 106 g/mol. The Morgan fingerprint density at radius 3 is 2.75 bits per heavy atom. The van der Waals surface area contributed by atoms with Gasteiger partial charge in [-0.2, -0.15) is 0 Å². The second-order valence-corrected chi connectivity index (χ2v) is 1.72. The van der Waals surface area contributed by atoms with Crippen LogP contribution in [0.4, 0.5) is 0 Å². The Morgan fingerprint density at radius 2 is 2.38 bits per heavy atom. The Morgan fingerprint density at radius 1 is 1.62 bits per heavy atom. The molecule has 0 saturated heterocycles. The number of dihydropyridines is 1. The highest BCUT2D eigenvalue weighted by Gasteiger charge is 1.93. The molecule has 0 spiro atoms. The average Bonchev–Trinajstić information content (AvgIpc) is 1.77. The second kappa shape index (κ2) is 1.94. The van der Waals surface area contributed by atoms with E-state index in [2.05, 4.69) is 5.32 Å². The summed E-state index contributed by atoms with van der Waals surface area (Å²) in [6.45, 7) is 0.669. The van der Waals surface area contributed by atoms with Gasteiger partial charge in [-0.05, 0) is 6.08 Å². The van der Waals surface area contributed by atoms with Gasteiger partial charge in [-0.25, -0.2) is 0 Å². The minimum absolute atomic E-state index is 0.669. The maximum Gasteiger partial charge on any atom is 0.110 e. The van der Waals surface area contributed by atoms with Crippen LogP contribution in [0.5, 0.6) is 0 Å². The van der Waals surface area contributed by atoms with E-state index >= 15 is 0 Å². The molecule has 0 aromatic heterocycles. The summed E-state index contributed by atoms with van der Waals surface area (Å²) in [5.41, 5.74) is 6.17. The minimum atomic E-state index is 0.669. The summed E-state index contributed by atoms with van der Waals surface area (Å²) in [6, 6.07) is 0. The molecule has 1 heterocycles. The van der Waals surface area contributed by atoms with Crippen molar-refractivity contribution in [2.45, 2.75) is 0 Å². The summed E-state index contributed by atoms with van der Waals surface area (Å²) >= 11 is 0. The van der Waals surface area contributed by atoms with Crippen LogP contribution in [0.2, 0.25) is 0 Å². The van der Waals surface area contributed by atoms with Crippen molar-refractivity contribution in [1.29, 1.82) is 0 Å². The topological polar surface area (TPSA) is 38.0 Å². The van der Waals surface area contributed by atoms with E-state index in [0.29, 0.717) is 12.4 Å². The van der Waals surface area contributed by atoms with Crippen molar-refractivity contribution in [1.82, 2.24) is 5.32 Å². The van der Waals surface area contributed by atoms with Crippen LogP contribution in [0.25, 0.3) is 0 Å². The Bertz CT molecular complexity index is 131. The van der Waals surface area contributed by atoms with Crippen molar-refractivity contribution in [2.24, 2.45) is 5.73 Å². The van der Waals surface area contributed by atoms with E-state index in [9.17, 15) is 0 Å². The van der Waals surface area contributed by atoms with Gasteiger partial charge in [-0.1, -0.05) is 11.5 Å². The molecule has 1 aliphatic heterocycles. The Balaban J connectivity index is 2.65. The zero-order valence-corrected chi connectivity index (χ0v) is 4.52. The maximum atomic E-state index is 5.40. The molecule has 3 heteroatoms. The molecule has 2 radical (unpaired) electrons. The Labute approximate surface area is 49.9 Å². The first-order chi connectivity index (χ1) is 3.79. The molecule has 1 rings (SSSR count). The molecule has 0 amide bonds. The van der Waals surface area contributed by atoms with E-state index in [1.54, 1.807) is 12.2 Å². The van der Waals surface area contributed by atoms with E-state index in [1.807, 2.05) is 0 Å². The molecule has 1 aliphatic rings. The highest BCUT2D eigenvalue weighted by atomic mass is 15.0. The fourth-order valence-corrected chi connectivity index (χ4v) is 0.519. The van der Waals surface area contributed by atoms with Crippen LogP contribution >= 0.6 is 0 Å². The van der Waals surface area contributed by atoms with Gasteiger partial charge >= 0.3 is 0 Å². The third-order valence-electron chi connectivity index (χ3n) is 0.974. The molecule has 0 aromatic rings. The molecule has 0 aliphatic carbocycles. The first-order valence-electron chi connectivity index (χ1n) is 2.45. The highest BCUT2D eigenvalue weighted by molar-refractivity contribution is 6.22. The number of nitrogens with one attached hydrogen (secondary N) is 1. The first-order valence-corrected chi connectivity index (χ1v) is 2.45. The summed E-state index contributed by atoms with van der Waals surface area (Å²) in [7, 11) is 5.40. The Kier molecular flexibility index (Phi) is 1.28. The summed E-state index contributed by atoms with van der Waals surface area (Å²) in [5.74, 6) is 0.680. The molecule has 0 atom stereocenters. The van der Waals surface area contributed by atoms with Crippen LogP contribution in [-0.2, 0) is 0 Å². The molecular formula is C5H7BN2. The standard InChI is InChI=1S/C5H7BN2/c6-4-1-2-5(7)8-3-4/h1-2,8H,3,7H2. The van der Waals surface area contributed by atoms with Gasteiger partial charge in [0.05, 0.1) is 5.82 Å². The van der Waals surface area contributed by atoms with Gasteiger partial charge in [0, 0.05) is 6.54 Å². The molecule has 0 bridgehead atoms. The highest BCUT2D eigenvalue weighted by Crippen LogP contribution is 1.93. The van der Waals surface area contributed by atoms with Crippen molar-refractivity contribution in [3.8, 4) is 0 Å². The van der Waals surface area contributed by atoms with Gasteiger partial charge in [0.15, 0.2) is 0 Å². The smallest absolute Gasteiger partial charge is 0.110 e. The predicted octanol–water partition coefficient (Wildman–Crippen LogP) is -0.558. The molecule has 8 heavy (non-hydrogen) atoms. The lowest BCUT2D eigenvalue weighted by Gasteiger charge is -2.09. The zero-order chi connectivity index (χ0) is 5.98. The molecule has 2 nitrogen and oxygen atoms in total. The normalized spacial score (nSPS) is 18.5. The van der Waals surface area contributed by atoms with Crippen LogP contribution < -0.4 is 11.1 Å². The fraction of sp³-hybridized carbons (Fsp3) is 0.200. The largest absolute Gasteiger partial charge is 0.386 e. The summed E-state index contributed by atoms with van der Waals surface area (Å²) in [5, 5.41) is 2.88. The van der Waals surface area contributed by atoms with Crippen LogP contribution in [0.15, 0.2) is 23.4 Å². The summed E-state index contributed by atoms with van der Waals surface area (Å²) in [4.78, 5) is 0. The Hall–Kier alpha value is -0.855. The van der Waals surface area contributed by atoms with Gasteiger partial charge in [-0.3, -0.25) is 0 Å². The van der Waals surface area contributed by atoms with Gasteiger partial charge < -0.3 is 11.1 Å². The van der Waals surface area contributed by atoms with Gasteiger partial charge in [-0.15, -0.1) is 0 Å². The zero-order valence-electron chi connectivity index (χ0n) is 4.52. The molecule has 3 N–H and O–H groups in total. The number of hydrogen-bond donors (Lipinski definition) is 2. The number of rotatable bonds is 0. The summed E-state index contributed by atoms with van der Waals surface area (Å²) < 4.78 is 0. The van der Waals surface area contributed by atoms with Crippen molar-refractivity contribution in [3.63, 3.8) is 0 Å². The lowest BCUT2D eigenvalue weighted by molar-refractivity contribution is 0.864. The predicted molar refractivity (Wildman–Crippen MR) is 34.1 cm³/mol. The molecule has 40 valence electrons. The second-order valence-electron chi connectivity index (χ2n) is 1.72. The van der Waals surface area contributed by atoms with E-state index in [1.165, 1.54) is 0 Å². The third-order valence-corrected chi connectivity index (χ3v) is 0.974. The van der Waals surface area contributed by atoms with Crippen LogP contribution in [-0.4, -0.2) is 14.4 Å². The lowest BCUT2D eigenvalue weighted by Crippen LogP contribution is -2.24. The van der Waals surface area contributed by atoms with Crippen LogP contribution in [0.3, 0.4) is 0 Å². The molecule has 0 saturated carbocycles. The first kappa shape index (κ1) is 5.28. The van der Waals surface area contributed by atoms with Crippen molar-refractivity contribution < 1.29 is 0 Å². The number of hydrogen-bond acceptors (Lipinski definition) is 2. The molecule has 0 fully saturated rings. The SMILES string of the molecule is [B]C1=CC=C(N)NC1. The fourth-order valence-electron chi connectivity index (χ4n) is 0.519. The van der Waals surface area contributed by atoms with E-state index in [4.69, 9.17) is 13.6 Å². The van der Waals surface area contributed by atoms with Crippen LogP contribution in [0, 0.1) is 0 Å².